The molecule has 5 nitrogen and oxygen atoms in total. The van der Waals surface area contributed by atoms with Crippen LogP contribution in [0.1, 0.15) is 63.9 Å². The first-order valence-corrected chi connectivity index (χ1v) is 10.8. The molecule has 0 spiro atoms. The molecule has 156 valence electrons. The second-order valence-electron chi connectivity index (χ2n) is 9.02. The first-order chi connectivity index (χ1) is 13.9. The van der Waals surface area contributed by atoms with Crippen LogP contribution in [0.2, 0.25) is 0 Å². The average Bonchev–Trinajstić information content (AvgIpc) is 3.29. The van der Waals surface area contributed by atoms with Gasteiger partial charge in [0, 0.05) is 32.0 Å². The van der Waals surface area contributed by atoms with E-state index in [4.69, 9.17) is 0 Å². The van der Waals surface area contributed by atoms with Crippen LogP contribution in [0.15, 0.2) is 24.3 Å². The monoisotopic (exact) mass is 400 g/mol. The number of hydrogen-bond donors (Lipinski definition) is 0. The predicted octanol–water partition coefficient (Wildman–Crippen LogP) is 3.41. The molecule has 1 aromatic carbocycles. The summed E-state index contributed by atoms with van der Waals surface area (Å²) in [5.74, 6) is -0.537. The summed E-state index contributed by atoms with van der Waals surface area (Å²) in [6.45, 7) is 3.52. The summed E-state index contributed by atoms with van der Waals surface area (Å²) in [6.07, 6.45) is 5.39. The van der Waals surface area contributed by atoms with Crippen LogP contribution in [0.25, 0.3) is 0 Å². The summed E-state index contributed by atoms with van der Waals surface area (Å²) >= 11 is 0. The van der Waals surface area contributed by atoms with Crippen molar-refractivity contribution in [1.29, 1.82) is 0 Å². The van der Waals surface area contributed by atoms with E-state index >= 15 is 0 Å². The van der Waals surface area contributed by atoms with Gasteiger partial charge < -0.3 is 4.90 Å². The summed E-state index contributed by atoms with van der Waals surface area (Å²) in [6, 6.07) is 5.78. The maximum absolute atomic E-state index is 14.0. The molecule has 1 unspecified atom stereocenters. The first-order valence-electron chi connectivity index (χ1n) is 10.8. The number of hydrogen-bond acceptors (Lipinski definition) is 3. The fourth-order valence-corrected chi connectivity index (χ4v) is 5.17. The third kappa shape index (κ3) is 3.69. The van der Waals surface area contributed by atoms with E-state index in [1.165, 1.54) is 17.0 Å². The lowest BCUT2D eigenvalue weighted by Crippen LogP contribution is -2.47. The molecule has 1 atom stereocenters. The Morgan fingerprint density at radius 2 is 1.83 bits per heavy atom. The van der Waals surface area contributed by atoms with Crippen molar-refractivity contribution in [3.8, 4) is 0 Å². The number of likely N-dealkylation sites (tertiary alicyclic amines) is 2. The summed E-state index contributed by atoms with van der Waals surface area (Å²) in [4.78, 5) is 42.9. The van der Waals surface area contributed by atoms with E-state index < -0.39 is 11.2 Å². The minimum Gasteiger partial charge on any atom is -0.343 e. The fraction of sp³-hybridized carbons (Fsp3) is 0.609. The zero-order valence-electron chi connectivity index (χ0n) is 17.0. The van der Waals surface area contributed by atoms with Crippen LogP contribution in [-0.2, 0) is 19.8 Å². The van der Waals surface area contributed by atoms with Crippen LogP contribution >= 0.6 is 0 Å². The van der Waals surface area contributed by atoms with Crippen molar-refractivity contribution in [1.82, 2.24) is 9.80 Å². The van der Waals surface area contributed by atoms with Crippen LogP contribution < -0.4 is 0 Å². The molecule has 0 bridgehead atoms. The Bertz CT molecular complexity index is 812. The van der Waals surface area contributed by atoms with Crippen LogP contribution in [0.3, 0.4) is 0 Å². The summed E-state index contributed by atoms with van der Waals surface area (Å²) < 4.78 is 14.0. The van der Waals surface area contributed by atoms with Crippen molar-refractivity contribution in [3.63, 3.8) is 0 Å². The number of piperidine rings is 1. The van der Waals surface area contributed by atoms with E-state index in [0.29, 0.717) is 24.6 Å². The van der Waals surface area contributed by atoms with Crippen LogP contribution in [0, 0.1) is 11.7 Å². The zero-order valence-corrected chi connectivity index (χ0v) is 17.0. The number of rotatable bonds is 4. The van der Waals surface area contributed by atoms with Gasteiger partial charge in [0.2, 0.25) is 17.7 Å². The van der Waals surface area contributed by atoms with Gasteiger partial charge in [-0.2, -0.15) is 0 Å². The lowest BCUT2D eigenvalue weighted by molar-refractivity contribution is -0.145. The number of carbonyl (C=O) groups excluding carboxylic acids is 3. The van der Waals surface area contributed by atoms with Gasteiger partial charge in [0.1, 0.15) is 5.82 Å². The van der Waals surface area contributed by atoms with Gasteiger partial charge in [-0.3, -0.25) is 19.3 Å². The number of benzene rings is 1. The molecule has 6 heteroatoms. The molecule has 0 aromatic heterocycles. The van der Waals surface area contributed by atoms with Crippen molar-refractivity contribution < 1.29 is 18.8 Å². The van der Waals surface area contributed by atoms with Crippen molar-refractivity contribution in [2.24, 2.45) is 5.92 Å². The molecule has 2 heterocycles. The second-order valence-corrected chi connectivity index (χ2v) is 9.02. The Labute approximate surface area is 171 Å². The maximum Gasteiger partial charge on any atom is 0.241 e. The minimum atomic E-state index is -1.29. The number of amides is 3. The number of imide groups is 1. The Morgan fingerprint density at radius 1 is 1.14 bits per heavy atom. The van der Waals surface area contributed by atoms with Crippen molar-refractivity contribution >= 4 is 17.7 Å². The Balaban J connectivity index is 1.66. The summed E-state index contributed by atoms with van der Waals surface area (Å²) in [5.41, 5.74) is -0.850. The van der Waals surface area contributed by atoms with Gasteiger partial charge in [-0.15, -0.1) is 0 Å². The Morgan fingerprint density at radius 3 is 2.48 bits per heavy atom. The smallest absolute Gasteiger partial charge is 0.241 e. The van der Waals surface area contributed by atoms with Gasteiger partial charge in [-0.1, -0.05) is 31.9 Å². The minimum absolute atomic E-state index is 0.0538. The van der Waals surface area contributed by atoms with E-state index in [0.717, 1.165) is 38.5 Å². The van der Waals surface area contributed by atoms with E-state index in [1.54, 1.807) is 17.0 Å². The molecule has 1 aliphatic carbocycles. The fourth-order valence-electron chi connectivity index (χ4n) is 5.17. The first kappa shape index (κ1) is 20.0. The Hall–Kier alpha value is -2.24. The average molecular weight is 400 g/mol. The third-order valence-corrected chi connectivity index (χ3v) is 7.01. The maximum atomic E-state index is 14.0. The molecule has 29 heavy (non-hydrogen) atoms. The largest absolute Gasteiger partial charge is 0.343 e. The molecule has 4 rings (SSSR count). The van der Waals surface area contributed by atoms with Gasteiger partial charge in [0.15, 0.2) is 0 Å². The van der Waals surface area contributed by atoms with Gasteiger partial charge in [0.05, 0.1) is 5.41 Å². The van der Waals surface area contributed by atoms with E-state index in [2.05, 4.69) is 6.92 Å². The van der Waals surface area contributed by atoms with Crippen LogP contribution in [0.5, 0.6) is 0 Å². The number of nitrogens with zero attached hydrogens (tertiary/aromatic N) is 2. The van der Waals surface area contributed by atoms with Gasteiger partial charge in [-0.25, -0.2) is 4.39 Å². The molecular weight excluding hydrogens is 371 g/mol. The van der Waals surface area contributed by atoms with E-state index in [-0.39, 0.29) is 36.6 Å². The number of carbonyl (C=O) groups is 3. The topological polar surface area (TPSA) is 57.7 Å². The highest BCUT2D eigenvalue weighted by molar-refractivity contribution is 6.11. The quantitative estimate of drug-likeness (QED) is 0.728. The summed E-state index contributed by atoms with van der Waals surface area (Å²) in [5, 5.41) is 0. The Kier molecular flexibility index (Phi) is 5.45. The highest BCUT2D eigenvalue weighted by Crippen LogP contribution is 2.43. The second kappa shape index (κ2) is 7.88. The van der Waals surface area contributed by atoms with Crippen molar-refractivity contribution in [2.75, 3.05) is 13.1 Å². The molecule has 2 saturated heterocycles. The summed E-state index contributed by atoms with van der Waals surface area (Å²) in [7, 11) is 0. The van der Waals surface area contributed by atoms with Crippen LogP contribution in [-0.4, -0.2) is 46.7 Å². The zero-order chi connectivity index (χ0) is 20.6. The van der Waals surface area contributed by atoms with Crippen molar-refractivity contribution in [3.05, 3.63) is 35.6 Å². The van der Waals surface area contributed by atoms with Crippen molar-refractivity contribution in [2.45, 2.75) is 69.7 Å². The van der Waals surface area contributed by atoms with Gasteiger partial charge in [-0.05, 0) is 49.3 Å². The molecular formula is C23H29FN2O3. The normalized spacial score (nSPS) is 26.6. The van der Waals surface area contributed by atoms with Crippen LogP contribution in [0.4, 0.5) is 4.39 Å². The molecule has 0 N–H and O–H groups in total. The highest BCUT2D eigenvalue weighted by atomic mass is 19.1. The van der Waals surface area contributed by atoms with E-state index in [1.807, 2.05) is 0 Å². The molecule has 1 aromatic rings. The lowest BCUT2D eigenvalue weighted by atomic mass is 9.75. The molecule has 2 aliphatic heterocycles. The SMILES string of the molecule is CC1CCN(C(=O)CC2(c3cccc(F)c3)CC(=O)N(C3CCCC3)C2=O)CC1. The molecule has 3 aliphatic rings. The third-order valence-electron chi connectivity index (χ3n) is 7.01. The lowest BCUT2D eigenvalue weighted by Gasteiger charge is -2.34. The molecule has 3 fully saturated rings. The molecule has 3 amide bonds. The number of halogens is 1. The standard InChI is InChI=1S/C23H29FN2O3/c1-16-9-11-25(12-10-16)20(27)14-23(17-5-4-6-18(24)13-17)15-21(28)26(22(23)29)19-7-2-3-8-19/h4-6,13,16,19H,2-3,7-12,14-15H2,1H3. The highest BCUT2D eigenvalue weighted by Gasteiger charge is 2.56. The molecule has 1 saturated carbocycles. The van der Waals surface area contributed by atoms with Gasteiger partial charge in [0.25, 0.3) is 0 Å². The molecule has 0 radical (unpaired) electrons. The van der Waals surface area contributed by atoms with E-state index in [9.17, 15) is 18.8 Å². The predicted molar refractivity (Wildman–Crippen MR) is 106 cm³/mol. The van der Waals surface area contributed by atoms with Gasteiger partial charge >= 0.3 is 0 Å².